The molecule has 0 saturated carbocycles. The Bertz CT molecular complexity index is 332. The zero-order valence-corrected chi connectivity index (χ0v) is 10.3. The van der Waals surface area contributed by atoms with Gasteiger partial charge in [0.25, 0.3) is 0 Å². The molecule has 0 N–H and O–H groups in total. The highest BCUT2D eigenvalue weighted by Crippen LogP contribution is 2.12. The third-order valence-electron chi connectivity index (χ3n) is 2.30. The number of unbranched alkanes of at least 4 members (excludes halogenated alkanes) is 1. The molecule has 1 rings (SSSR count). The summed E-state index contributed by atoms with van der Waals surface area (Å²) in [5, 5.41) is 0. The second-order valence-electron chi connectivity index (χ2n) is 3.56. The summed E-state index contributed by atoms with van der Waals surface area (Å²) in [7, 11) is 3.24. The lowest BCUT2D eigenvalue weighted by Gasteiger charge is -2.05. The zero-order chi connectivity index (χ0) is 12.5. The summed E-state index contributed by atoms with van der Waals surface area (Å²) in [6.45, 7) is 1.12. The summed E-state index contributed by atoms with van der Waals surface area (Å²) in [6.07, 6.45) is 1.71. The Morgan fingerprint density at radius 3 is 2.29 bits per heavy atom. The fraction of sp³-hybridized carbons (Fsp3) is 0.462. The van der Waals surface area contributed by atoms with Crippen LogP contribution in [0.2, 0.25) is 0 Å². The minimum atomic E-state index is -0.301. The number of methoxy groups -OCH3 is 2. The maximum atomic E-state index is 11.6. The predicted molar refractivity (Wildman–Crippen MR) is 64.4 cm³/mol. The van der Waals surface area contributed by atoms with Crippen molar-refractivity contribution in [3.63, 3.8) is 0 Å². The molecule has 94 valence electrons. The van der Waals surface area contributed by atoms with Crippen LogP contribution in [0.1, 0.15) is 23.2 Å². The van der Waals surface area contributed by atoms with Crippen LogP contribution in [0, 0.1) is 0 Å². The van der Waals surface area contributed by atoms with Crippen LogP contribution >= 0.6 is 0 Å². The molecule has 0 amide bonds. The molecule has 0 fully saturated rings. The number of ether oxygens (including phenoxy) is 3. The van der Waals surface area contributed by atoms with E-state index >= 15 is 0 Å². The Morgan fingerprint density at radius 2 is 1.71 bits per heavy atom. The SMILES string of the molecule is COCCCCOC(=O)c1ccc(OC)cc1. The molecular formula is C13H18O4. The van der Waals surface area contributed by atoms with Gasteiger partial charge in [-0.3, -0.25) is 0 Å². The van der Waals surface area contributed by atoms with Crippen molar-refractivity contribution < 1.29 is 19.0 Å². The van der Waals surface area contributed by atoms with E-state index in [0.29, 0.717) is 18.8 Å². The number of hydrogen-bond donors (Lipinski definition) is 0. The molecule has 0 bridgehead atoms. The van der Waals surface area contributed by atoms with Gasteiger partial charge >= 0.3 is 5.97 Å². The van der Waals surface area contributed by atoms with Crippen molar-refractivity contribution in [1.82, 2.24) is 0 Å². The standard InChI is InChI=1S/C13H18O4/c1-15-9-3-4-10-17-13(14)11-5-7-12(16-2)8-6-11/h5-8H,3-4,9-10H2,1-2H3. The first-order chi connectivity index (χ1) is 8.27. The smallest absolute Gasteiger partial charge is 0.338 e. The summed E-state index contributed by atoms with van der Waals surface area (Å²) >= 11 is 0. The van der Waals surface area contributed by atoms with Crippen molar-refractivity contribution in [2.45, 2.75) is 12.8 Å². The van der Waals surface area contributed by atoms with E-state index in [1.165, 1.54) is 0 Å². The zero-order valence-electron chi connectivity index (χ0n) is 10.3. The lowest BCUT2D eigenvalue weighted by atomic mass is 10.2. The van der Waals surface area contributed by atoms with E-state index in [4.69, 9.17) is 14.2 Å². The van der Waals surface area contributed by atoms with Gasteiger partial charge < -0.3 is 14.2 Å². The van der Waals surface area contributed by atoms with Gasteiger partial charge in [0.15, 0.2) is 0 Å². The monoisotopic (exact) mass is 238 g/mol. The van der Waals surface area contributed by atoms with Crippen molar-refractivity contribution in [1.29, 1.82) is 0 Å². The van der Waals surface area contributed by atoms with E-state index in [1.54, 1.807) is 38.5 Å². The first kappa shape index (κ1) is 13.5. The van der Waals surface area contributed by atoms with E-state index in [0.717, 1.165) is 18.6 Å². The number of carbonyl (C=O) groups excluding carboxylic acids is 1. The van der Waals surface area contributed by atoms with E-state index in [2.05, 4.69) is 0 Å². The van der Waals surface area contributed by atoms with Crippen LogP contribution in [-0.4, -0.2) is 33.4 Å². The average molecular weight is 238 g/mol. The lowest BCUT2D eigenvalue weighted by Crippen LogP contribution is -2.07. The van der Waals surface area contributed by atoms with Crippen LogP contribution in [0.4, 0.5) is 0 Å². The fourth-order valence-electron chi connectivity index (χ4n) is 1.32. The number of benzene rings is 1. The molecule has 0 aromatic heterocycles. The molecule has 0 atom stereocenters. The van der Waals surface area contributed by atoms with Gasteiger partial charge in [-0.1, -0.05) is 0 Å². The number of hydrogen-bond acceptors (Lipinski definition) is 4. The molecule has 0 heterocycles. The molecule has 4 heteroatoms. The summed E-state index contributed by atoms with van der Waals surface area (Å²) < 4.78 is 15.0. The first-order valence-corrected chi connectivity index (χ1v) is 5.58. The largest absolute Gasteiger partial charge is 0.497 e. The minimum absolute atomic E-state index is 0.301. The Morgan fingerprint density at radius 1 is 1.06 bits per heavy atom. The van der Waals surface area contributed by atoms with E-state index < -0.39 is 0 Å². The third-order valence-corrected chi connectivity index (χ3v) is 2.30. The molecule has 0 saturated heterocycles. The maximum absolute atomic E-state index is 11.6. The molecule has 0 radical (unpaired) electrons. The van der Waals surface area contributed by atoms with Crippen molar-refractivity contribution in [2.24, 2.45) is 0 Å². The predicted octanol–water partition coefficient (Wildman–Crippen LogP) is 2.28. The van der Waals surface area contributed by atoms with Crippen LogP contribution in [0.15, 0.2) is 24.3 Å². The quantitative estimate of drug-likeness (QED) is 0.540. The van der Waals surface area contributed by atoms with Gasteiger partial charge in [0, 0.05) is 13.7 Å². The highest BCUT2D eigenvalue weighted by Gasteiger charge is 2.06. The van der Waals surface area contributed by atoms with E-state index in [9.17, 15) is 4.79 Å². The van der Waals surface area contributed by atoms with Crippen molar-refractivity contribution in [3.05, 3.63) is 29.8 Å². The number of rotatable bonds is 7. The van der Waals surface area contributed by atoms with Crippen LogP contribution in [0.5, 0.6) is 5.75 Å². The van der Waals surface area contributed by atoms with Gasteiger partial charge in [-0.05, 0) is 37.1 Å². The average Bonchev–Trinajstić information content (AvgIpc) is 2.38. The van der Waals surface area contributed by atoms with Gasteiger partial charge in [-0.2, -0.15) is 0 Å². The van der Waals surface area contributed by atoms with Gasteiger partial charge in [0.2, 0.25) is 0 Å². The Hall–Kier alpha value is -1.55. The summed E-state index contributed by atoms with van der Waals surface area (Å²) in [6, 6.07) is 6.86. The molecule has 0 aliphatic rings. The second kappa shape index (κ2) is 7.68. The number of esters is 1. The molecular weight excluding hydrogens is 220 g/mol. The Kier molecular flexibility index (Phi) is 6.10. The topological polar surface area (TPSA) is 44.8 Å². The van der Waals surface area contributed by atoms with Gasteiger partial charge in [-0.15, -0.1) is 0 Å². The van der Waals surface area contributed by atoms with Crippen LogP contribution < -0.4 is 4.74 Å². The summed E-state index contributed by atoms with van der Waals surface area (Å²) in [4.78, 5) is 11.6. The van der Waals surface area contributed by atoms with Gasteiger partial charge in [0.05, 0.1) is 19.3 Å². The second-order valence-corrected chi connectivity index (χ2v) is 3.56. The van der Waals surface area contributed by atoms with Crippen molar-refractivity contribution in [3.8, 4) is 5.75 Å². The van der Waals surface area contributed by atoms with Gasteiger partial charge in [0.1, 0.15) is 5.75 Å². The maximum Gasteiger partial charge on any atom is 0.338 e. The highest BCUT2D eigenvalue weighted by molar-refractivity contribution is 5.89. The highest BCUT2D eigenvalue weighted by atomic mass is 16.5. The minimum Gasteiger partial charge on any atom is -0.497 e. The molecule has 0 aliphatic carbocycles. The fourth-order valence-corrected chi connectivity index (χ4v) is 1.32. The number of carbonyl (C=O) groups is 1. The molecule has 4 nitrogen and oxygen atoms in total. The summed E-state index contributed by atoms with van der Waals surface area (Å²) in [5.41, 5.74) is 0.539. The van der Waals surface area contributed by atoms with E-state index in [1.807, 2.05) is 0 Å². The lowest BCUT2D eigenvalue weighted by molar-refractivity contribution is 0.0489. The Balaban J connectivity index is 2.31. The third kappa shape index (κ3) is 4.87. The molecule has 0 unspecified atom stereocenters. The van der Waals surface area contributed by atoms with Crippen LogP contribution in [0.25, 0.3) is 0 Å². The van der Waals surface area contributed by atoms with Crippen LogP contribution in [0.3, 0.4) is 0 Å². The molecule has 1 aromatic carbocycles. The van der Waals surface area contributed by atoms with E-state index in [-0.39, 0.29) is 5.97 Å². The molecule has 0 aliphatic heterocycles. The van der Waals surface area contributed by atoms with Gasteiger partial charge in [-0.25, -0.2) is 4.79 Å². The molecule has 1 aromatic rings. The normalized spacial score (nSPS) is 10.0. The van der Waals surface area contributed by atoms with Crippen molar-refractivity contribution >= 4 is 5.97 Å². The van der Waals surface area contributed by atoms with Crippen molar-refractivity contribution in [2.75, 3.05) is 27.4 Å². The summed E-state index contributed by atoms with van der Waals surface area (Å²) in [5.74, 6) is 0.423. The van der Waals surface area contributed by atoms with Crippen LogP contribution in [-0.2, 0) is 9.47 Å². The Labute approximate surface area is 101 Å². The molecule has 0 spiro atoms. The molecule has 17 heavy (non-hydrogen) atoms. The first-order valence-electron chi connectivity index (χ1n) is 5.58.